The Kier molecular flexibility index (Phi) is 9.02. The van der Waals surface area contributed by atoms with E-state index >= 15 is 0 Å². The first-order valence-electron chi connectivity index (χ1n) is 5.39. The van der Waals surface area contributed by atoms with Crippen LogP contribution in [0.5, 0.6) is 0 Å². The number of rotatable bonds is 8. The van der Waals surface area contributed by atoms with E-state index in [2.05, 4.69) is 20.8 Å². The molecule has 0 fully saturated rings. The first kappa shape index (κ1) is 12.0. The molecule has 0 saturated heterocycles. The Hall–Kier alpha value is -0.0400. The van der Waals surface area contributed by atoms with Gasteiger partial charge < -0.3 is 4.74 Å². The fourth-order valence-electron chi connectivity index (χ4n) is 1.32. The van der Waals surface area contributed by atoms with Gasteiger partial charge in [-0.3, -0.25) is 0 Å². The van der Waals surface area contributed by atoms with E-state index in [9.17, 15) is 0 Å². The van der Waals surface area contributed by atoms with Crippen LogP contribution in [0.1, 0.15) is 52.9 Å². The largest absolute Gasteiger partial charge is 0.382 e. The lowest BCUT2D eigenvalue weighted by molar-refractivity contribution is 0.132. The molecule has 1 unspecified atom stereocenters. The van der Waals surface area contributed by atoms with Crippen molar-refractivity contribution in [3.8, 4) is 0 Å². The van der Waals surface area contributed by atoms with Crippen molar-refractivity contribution in [2.24, 2.45) is 5.92 Å². The van der Waals surface area contributed by atoms with Crippen molar-refractivity contribution < 1.29 is 4.74 Å². The second-order valence-corrected chi connectivity index (χ2v) is 3.59. The van der Waals surface area contributed by atoms with Crippen LogP contribution in [0, 0.1) is 5.92 Å². The van der Waals surface area contributed by atoms with E-state index in [0.717, 1.165) is 19.1 Å². The summed E-state index contributed by atoms with van der Waals surface area (Å²) in [6, 6.07) is 0. The van der Waals surface area contributed by atoms with Gasteiger partial charge in [0.25, 0.3) is 0 Å². The molecule has 0 aromatic carbocycles. The van der Waals surface area contributed by atoms with Gasteiger partial charge in [0, 0.05) is 13.2 Å². The fourth-order valence-corrected chi connectivity index (χ4v) is 1.32. The normalized spacial score (nSPS) is 13.2. The molecule has 0 aliphatic heterocycles. The molecule has 1 atom stereocenters. The van der Waals surface area contributed by atoms with Gasteiger partial charge in [-0.15, -0.1) is 0 Å². The van der Waals surface area contributed by atoms with Gasteiger partial charge in [-0.25, -0.2) is 0 Å². The Morgan fingerprint density at radius 3 is 2.42 bits per heavy atom. The van der Waals surface area contributed by atoms with Crippen LogP contribution >= 0.6 is 0 Å². The van der Waals surface area contributed by atoms with Crippen molar-refractivity contribution in [1.82, 2.24) is 0 Å². The van der Waals surface area contributed by atoms with E-state index in [1.807, 2.05) is 0 Å². The van der Waals surface area contributed by atoms with Crippen molar-refractivity contribution in [3.63, 3.8) is 0 Å². The van der Waals surface area contributed by atoms with Crippen LogP contribution in [-0.4, -0.2) is 13.2 Å². The molecule has 0 aromatic heterocycles. The molecule has 12 heavy (non-hydrogen) atoms. The van der Waals surface area contributed by atoms with Gasteiger partial charge in [-0.05, 0) is 19.3 Å². The van der Waals surface area contributed by atoms with Crippen LogP contribution in [-0.2, 0) is 4.74 Å². The van der Waals surface area contributed by atoms with Gasteiger partial charge in [-0.1, -0.05) is 39.5 Å². The first-order chi connectivity index (χ1) is 5.81. The summed E-state index contributed by atoms with van der Waals surface area (Å²) < 4.78 is 5.31. The highest BCUT2D eigenvalue weighted by atomic mass is 16.5. The lowest BCUT2D eigenvalue weighted by Crippen LogP contribution is -2.01. The maximum atomic E-state index is 5.31. The highest BCUT2D eigenvalue weighted by Crippen LogP contribution is 2.12. The minimum atomic E-state index is 0.850. The molecule has 0 rings (SSSR count). The van der Waals surface area contributed by atoms with Crippen molar-refractivity contribution in [2.75, 3.05) is 13.2 Å². The molecule has 0 aliphatic rings. The Balaban J connectivity index is 3.04. The maximum absolute atomic E-state index is 5.31. The lowest BCUT2D eigenvalue weighted by Gasteiger charge is -2.10. The van der Waals surface area contributed by atoms with Gasteiger partial charge in [0.15, 0.2) is 0 Å². The van der Waals surface area contributed by atoms with Crippen molar-refractivity contribution in [3.05, 3.63) is 0 Å². The molecule has 0 aromatic rings. The van der Waals surface area contributed by atoms with Gasteiger partial charge in [0.1, 0.15) is 0 Å². The standard InChI is InChI=1S/C11H24O/c1-4-6-7-8-11(3)9-10-12-5-2/h11H,4-10H2,1-3H3. The fraction of sp³-hybridized carbons (Fsp3) is 1.00. The van der Waals surface area contributed by atoms with Gasteiger partial charge in [0.05, 0.1) is 0 Å². The molecule has 0 bridgehead atoms. The molecule has 0 N–H and O–H groups in total. The minimum Gasteiger partial charge on any atom is -0.382 e. The summed E-state index contributed by atoms with van der Waals surface area (Å²) in [5.74, 6) is 0.850. The molecule has 0 amide bonds. The van der Waals surface area contributed by atoms with Crippen LogP contribution in [0.25, 0.3) is 0 Å². The second-order valence-electron chi connectivity index (χ2n) is 3.59. The maximum Gasteiger partial charge on any atom is 0.0468 e. The van der Waals surface area contributed by atoms with Crippen molar-refractivity contribution >= 4 is 0 Å². The Morgan fingerprint density at radius 1 is 1.08 bits per heavy atom. The molecule has 0 heterocycles. The van der Waals surface area contributed by atoms with Gasteiger partial charge in [0.2, 0.25) is 0 Å². The predicted molar refractivity (Wildman–Crippen MR) is 54.4 cm³/mol. The van der Waals surface area contributed by atoms with E-state index in [1.54, 1.807) is 0 Å². The number of hydrogen-bond acceptors (Lipinski definition) is 1. The third kappa shape index (κ3) is 8.06. The smallest absolute Gasteiger partial charge is 0.0468 e. The SMILES string of the molecule is CCCCCC(C)CCOCC. The average molecular weight is 172 g/mol. The predicted octanol–water partition coefficient (Wildman–Crippen LogP) is 3.63. The van der Waals surface area contributed by atoms with E-state index in [4.69, 9.17) is 4.74 Å². The molecule has 0 saturated carbocycles. The average Bonchev–Trinajstić information content (AvgIpc) is 2.06. The molecular weight excluding hydrogens is 148 g/mol. The van der Waals surface area contributed by atoms with Crippen LogP contribution in [0.3, 0.4) is 0 Å². The third-order valence-corrected chi connectivity index (χ3v) is 2.26. The zero-order valence-electron chi connectivity index (χ0n) is 8.94. The Morgan fingerprint density at radius 2 is 1.83 bits per heavy atom. The van der Waals surface area contributed by atoms with Crippen LogP contribution in [0.2, 0.25) is 0 Å². The highest BCUT2D eigenvalue weighted by Gasteiger charge is 2.00. The summed E-state index contributed by atoms with van der Waals surface area (Å²) in [5.41, 5.74) is 0. The summed E-state index contributed by atoms with van der Waals surface area (Å²) in [6.45, 7) is 8.45. The van der Waals surface area contributed by atoms with E-state index in [0.29, 0.717) is 0 Å². The zero-order chi connectivity index (χ0) is 9.23. The summed E-state index contributed by atoms with van der Waals surface area (Å²) in [6.07, 6.45) is 6.72. The summed E-state index contributed by atoms with van der Waals surface area (Å²) in [5, 5.41) is 0. The molecule has 0 radical (unpaired) electrons. The molecule has 74 valence electrons. The number of unbranched alkanes of at least 4 members (excludes halogenated alkanes) is 2. The first-order valence-corrected chi connectivity index (χ1v) is 5.39. The summed E-state index contributed by atoms with van der Waals surface area (Å²) in [7, 11) is 0. The number of hydrogen-bond donors (Lipinski definition) is 0. The Bertz CT molecular complexity index is 71.1. The highest BCUT2D eigenvalue weighted by molar-refractivity contribution is 4.52. The minimum absolute atomic E-state index is 0.850. The van der Waals surface area contributed by atoms with Crippen LogP contribution in [0.15, 0.2) is 0 Å². The summed E-state index contributed by atoms with van der Waals surface area (Å²) >= 11 is 0. The van der Waals surface area contributed by atoms with Gasteiger partial charge in [-0.2, -0.15) is 0 Å². The van der Waals surface area contributed by atoms with Crippen LogP contribution < -0.4 is 0 Å². The van der Waals surface area contributed by atoms with E-state index in [1.165, 1.54) is 32.1 Å². The molecule has 0 spiro atoms. The number of ether oxygens (including phenoxy) is 1. The van der Waals surface area contributed by atoms with E-state index < -0.39 is 0 Å². The monoisotopic (exact) mass is 172 g/mol. The molecule has 0 aliphatic carbocycles. The molecule has 1 nitrogen and oxygen atoms in total. The van der Waals surface area contributed by atoms with Crippen LogP contribution in [0.4, 0.5) is 0 Å². The van der Waals surface area contributed by atoms with Gasteiger partial charge >= 0.3 is 0 Å². The molecule has 1 heteroatoms. The van der Waals surface area contributed by atoms with E-state index in [-0.39, 0.29) is 0 Å². The Labute approximate surface area is 77.5 Å². The zero-order valence-corrected chi connectivity index (χ0v) is 8.94. The van der Waals surface area contributed by atoms with Crippen molar-refractivity contribution in [1.29, 1.82) is 0 Å². The topological polar surface area (TPSA) is 9.23 Å². The lowest BCUT2D eigenvalue weighted by atomic mass is 10.0. The van der Waals surface area contributed by atoms with Crippen molar-refractivity contribution in [2.45, 2.75) is 52.9 Å². The quantitative estimate of drug-likeness (QED) is 0.508. The molecular formula is C11H24O. The second kappa shape index (κ2) is 9.05. The summed E-state index contributed by atoms with van der Waals surface area (Å²) in [4.78, 5) is 0. The third-order valence-electron chi connectivity index (χ3n) is 2.26.